The van der Waals surface area contributed by atoms with E-state index in [0.717, 1.165) is 31.4 Å². The number of hydrogen-bond donors (Lipinski definition) is 0. The van der Waals surface area contributed by atoms with Gasteiger partial charge in [-0.05, 0) is 18.6 Å². The number of fused-ring (bicyclic) bond motifs is 1. The van der Waals surface area contributed by atoms with Gasteiger partial charge < -0.3 is 4.90 Å². The number of carbonyl (C=O) groups excluding carboxylic acids is 1. The lowest BCUT2D eigenvalue weighted by Crippen LogP contribution is -2.32. The van der Waals surface area contributed by atoms with Crippen LogP contribution in [0.5, 0.6) is 0 Å². The minimum Gasteiger partial charge on any atom is -0.336 e. The molecule has 2 aromatic carbocycles. The molecule has 3 aromatic rings. The average Bonchev–Trinajstić information content (AvgIpc) is 2.71. The zero-order valence-electron chi connectivity index (χ0n) is 16.5. The molecule has 0 bridgehead atoms. The Balaban J connectivity index is 1.97. The fourth-order valence-electron chi connectivity index (χ4n) is 3.21. The topological polar surface area (TPSA) is 55.2 Å². The summed E-state index contributed by atoms with van der Waals surface area (Å²) in [5.41, 5.74) is 0.102. The molecular formula is C22H23F2N3O2. The highest BCUT2D eigenvalue weighted by Crippen LogP contribution is 2.17. The van der Waals surface area contributed by atoms with Gasteiger partial charge in [0.15, 0.2) is 5.69 Å². The van der Waals surface area contributed by atoms with Gasteiger partial charge in [0.1, 0.15) is 11.6 Å². The van der Waals surface area contributed by atoms with Crippen LogP contribution in [0.2, 0.25) is 0 Å². The molecule has 1 heterocycles. The van der Waals surface area contributed by atoms with Crippen molar-refractivity contribution in [2.45, 2.75) is 39.3 Å². The maximum absolute atomic E-state index is 14.0. The summed E-state index contributed by atoms with van der Waals surface area (Å²) in [5.74, 6) is -1.83. The first kappa shape index (κ1) is 20.6. The summed E-state index contributed by atoms with van der Waals surface area (Å²) in [6.07, 6.45) is 2.74. The minimum atomic E-state index is -0.716. The van der Waals surface area contributed by atoms with Crippen molar-refractivity contribution >= 4 is 16.7 Å². The molecule has 0 radical (unpaired) electrons. The van der Waals surface area contributed by atoms with Gasteiger partial charge in [-0.2, -0.15) is 5.10 Å². The normalized spacial score (nSPS) is 11.0. The van der Waals surface area contributed by atoms with Crippen LogP contribution in [0, 0.1) is 11.6 Å². The summed E-state index contributed by atoms with van der Waals surface area (Å²) in [7, 11) is 1.52. The van der Waals surface area contributed by atoms with Gasteiger partial charge >= 0.3 is 0 Å². The Bertz CT molecular complexity index is 1100. The number of rotatable bonds is 7. The van der Waals surface area contributed by atoms with Crippen LogP contribution in [-0.2, 0) is 13.1 Å². The molecule has 0 aliphatic carbocycles. The van der Waals surface area contributed by atoms with E-state index in [9.17, 15) is 18.4 Å². The predicted molar refractivity (Wildman–Crippen MR) is 108 cm³/mol. The molecule has 0 aliphatic heterocycles. The van der Waals surface area contributed by atoms with Crippen molar-refractivity contribution in [3.8, 4) is 0 Å². The summed E-state index contributed by atoms with van der Waals surface area (Å²) in [4.78, 5) is 27.1. The van der Waals surface area contributed by atoms with Crippen LogP contribution >= 0.6 is 0 Å². The van der Waals surface area contributed by atoms with Crippen molar-refractivity contribution in [2.24, 2.45) is 0 Å². The fraction of sp³-hybridized carbons (Fsp3) is 0.318. The second-order valence-corrected chi connectivity index (χ2v) is 7.03. The molecule has 29 heavy (non-hydrogen) atoms. The van der Waals surface area contributed by atoms with Crippen LogP contribution in [0.3, 0.4) is 0 Å². The lowest BCUT2D eigenvalue weighted by molar-refractivity contribution is 0.0777. The van der Waals surface area contributed by atoms with Crippen molar-refractivity contribution in [1.82, 2.24) is 14.7 Å². The number of halogens is 2. The van der Waals surface area contributed by atoms with Crippen LogP contribution < -0.4 is 5.56 Å². The molecule has 7 heteroatoms. The van der Waals surface area contributed by atoms with E-state index in [1.807, 2.05) is 0 Å². The first-order valence-corrected chi connectivity index (χ1v) is 9.61. The molecular weight excluding hydrogens is 376 g/mol. The van der Waals surface area contributed by atoms with Gasteiger partial charge in [0.2, 0.25) is 0 Å². The summed E-state index contributed by atoms with van der Waals surface area (Å²) in [6.45, 7) is 2.44. The molecule has 152 valence electrons. The van der Waals surface area contributed by atoms with Crippen LogP contribution in [0.4, 0.5) is 8.78 Å². The second-order valence-electron chi connectivity index (χ2n) is 7.03. The molecule has 0 aliphatic rings. The van der Waals surface area contributed by atoms with Crippen LogP contribution in [0.25, 0.3) is 10.8 Å². The van der Waals surface area contributed by atoms with Crippen LogP contribution in [0.1, 0.15) is 42.2 Å². The van der Waals surface area contributed by atoms with Gasteiger partial charge in [-0.3, -0.25) is 9.59 Å². The van der Waals surface area contributed by atoms with Crippen LogP contribution in [0.15, 0.2) is 47.3 Å². The SMILES string of the molecule is CCCCCn1nc(C(=O)N(C)Cc2ccc(F)cc2F)c2ccccc2c1=O. The van der Waals surface area contributed by atoms with Crippen molar-refractivity contribution in [1.29, 1.82) is 0 Å². The number of aromatic nitrogens is 2. The molecule has 0 saturated heterocycles. The van der Waals surface area contributed by atoms with Gasteiger partial charge in [0.25, 0.3) is 11.5 Å². The quantitative estimate of drug-likeness (QED) is 0.561. The van der Waals surface area contributed by atoms with E-state index in [0.29, 0.717) is 17.3 Å². The van der Waals surface area contributed by atoms with Gasteiger partial charge in [-0.1, -0.05) is 44.0 Å². The Morgan fingerprint density at radius 2 is 1.83 bits per heavy atom. The average molecular weight is 399 g/mol. The maximum Gasteiger partial charge on any atom is 0.274 e. The molecule has 0 fully saturated rings. The zero-order valence-corrected chi connectivity index (χ0v) is 16.5. The number of unbranched alkanes of at least 4 members (excludes halogenated alkanes) is 2. The van der Waals surface area contributed by atoms with E-state index >= 15 is 0 Å². The second kappa shape index (κ2) is 8.94. The first-order valence-electron chi connectivity index (χ1n) is 9.61. The van der Waals surface area contributed by atoms with E-state index in [2.05, 4.69) is 12.0 Å². The molecule has 0 atom stereocenters. The number of carbonyl (C=O) groups is 1. The van der Waals surface area contributed by atoms with Gasteiger partial charge in [0.05, 0.1) is 5.39 Å². The predicted octanol–water partition coefficient (Wildman–Crippen LogP) is 4.14. The Morgan fingerprint density at radius 3 is 2.52 bits per heavy atom. The third kappa shape index (κ3) is 4.50. The number of hydrogen-bond acceptors (Lipinski definition) is 3. The Labute approximate surface area is 167 Å². The molecule has 5 nitrogen and oxygen atoms in total. The summed E-state index contributed by atoms with van der Waals surface area (Å²) < 4.78 is 28.4. The molecule has 0 spiro atoms. The number of nitrogens with zero attached hydrogens (tertiary/aromatic N) is 3. The lowest BCUT2D eigenvalue weighted by atomic mass is 10.1. The zero-order chi connectivity index (χ0) is 21.0. The van der Waals surface area contributed by atoms with Gasteiger partial charge in [-0.25, -0.2) is 13.5 Å². The summed E-state index contributed by atoms with van der Waals surface area (Å²) in [6, 6.07) is 10.1. The van der Waals surface area contributed by atoms with E-state index in [4.69, 9.17) is 0 Å². The first-order chi connectivity index (χ1) is 13.9. The minimum absolute atomic E-state index is 0.0457. The molecule has 1 aromatic heterocycles. The van der Waals surface area contributed by atoms with E-state index in [-0.39, 0.29) is 23.4 Å². The van der Waals surface area contributed by atoms with Gasteiger partial charge in [0, 0.05) is 37.2 Å². The maximum atomic E-state index is 14.0. The summed E-state index contributed by atoms with van der Waals surface area (Å²) in [5, 5.41) is 5.21. The van der Waals surface area contributed by atoms with E-state index < -0.39 is 17.5 Å². The molecule has 3 rings (SSSR count). The molecule has 1 amide bonds. The van der Waals surface area contributed by atoms with Crippen molar-refractivity contribution in [3.05, 3.63) is 75.7 Å². The third-order valence-electron chi connectivity index (χ3n) is 4.81. The van der Waals surface area contributed by atoms with E-state index in [1.165, 1.54) is 22.7 Å². The van der Waals surface area contributed by atoms with E-state index in [1.54, 1.807) is 24.3 Å². The van der Waals surface area contributed by atoms with Gasteiger partial charge in [-0.15, -0.1) is 0 Å². The highest BCUT2D eigenvalue weighted by Gasteiger charge is 2.21. The Morgan fingerprint density at radius 1 is 1.10 bits per heavy atom. The highest BCUT2D eigenvalue weighted by atomic mass is 19.1. The lowest BCUT2D eigenvalue weighted by Gasteiger charge is -2.19. The third-order valence-corrected chi connectivity index (χ3v) is 4.81. The van der Waals surface area contributed by atoms with Crippen molar-refractivity contribution in [3.63, 3.8) is 0 Å². The molecule has 0 saturated carbocycles. The monoisotopic (exact) mass is 399 g/mol. The Kier molecular flexibility index (Phi) is 6.36. The highest BCUT2D eigenvalue weighted by molar-refractivity contribution is 6.04. The fourth-order valence-corrected chi connectivity index (χ4v) is 3.21. The number of aryl methyl sites for hydroxylation is 1. The smallest absolute Gasteiger partial charge is 0.274 e. The van der Waals surface area contributed by atoms with Crippen molar-refractivity contribution < 1.29 is 13.6 Å². The Hall–Kier alpha value is -3.09. The van der Waals surface area contributed by atoms with Crippen molar-refractivity contribution in [2.75, 3.05) is 7.05 Å². The molecule has 0 unspecified atom stereocenters. The summed E-state index contributed by atoms with van der Waals surface area (Å²) >= 11 is 0. The largest absolute Gasteiger partial charge is 0.336 e. The standard InChI is InChI=1S/C22H23F2N3O2/c1-3-4-7-12-27-21(28)18-9-6-5-8-17(18)20(25-27)22(29)26(2)14-15-10-11-16(23)13-19(15)24/h5-6,8-11,13H,3-4,7,12,14H2,1-2H3. The molecule has 0 N–H and O–H groups in total. The number of benzene rings is 2. The number of amides is 1. The van der Waals surface area contributed by atoms with Crippen LogP contribution in [-0.4, -0.2) is 27.6 Å².